The van der Waals surface area contributed by atoms with E-state index in [-0.39, 0.29) is 0 Å². The van der Waals surface area contributed by atoms with Crippen LogP contribution in [0.5, 0.6) is 0 Å². The molecule has 0 saturated carbocycles. The van der Waals surface area contributed by atoms with Crippen molar-refractivity contribution in [3.63, 3.8) is 0 Å². The van der Waals surface area contributed by atoms with Crippen molar-refractivity contribution in [3.8, 4) is 0 Å². The predicted octanol–water partition coefficient (Wildman–Crippen LogP) is 2.63. The minimum atomic E-state index is 0.528. The maximum absolute atomic E-state index is 5.14. The molecule has 0 fully saturated rings. The summed E-state index contributed by atoms with van der Waals surface area (Å²) < 4.78 is 5.14. The van der Waals surface area contributed by atoms with Gasteiger partial charge in [-0.25, -0.2) is 0 Å². The number of nitrogens with zero attached hydrogens (tertiary/aromatic N) is 1. The number of aliphatic imine (C=N–C) groups is 1. The molecule has 0 N–H and O–H groups in total. The van der Waals surface area contributed by atoms with Crippen molar-refractivity contribution in [2.75, 3.05) is 7.11 Å². The fraction of sp³-hybridized carbons (Fsp3) is 0.900. The second-order valence-corrected chi connectivity index (χ2v) is 3.62. The number of hydrogen-bond acceptors (Lipinski definition) is 2. The van der Waals surface area contributed by atoms with Crippen LogP contribution in [0.2, 0.25) is 0 Å². The van der Waals surface area contributed by atoms with Crippen LogP contribution in [-0.4, -0.2) is 19.0 Å². The molecule has 1 rings (SSSR count). The molecule has 70 valence electrons. The molecular weight excluding hydrogens is 150 g/mol. The lowest BCUT2D eigenvalue weighted by Crippen LogP contribution is -2.09. The van der Waals surface area contributed by atoms with Crippen LogP contribution in [0.1, 0.15) is 39.5 Å². The molecule has 0 saturated heterocycles. The van der Waals surface area contributed by atoms with Gasteiger partial charge in [0.25, 0.3) is 0 Å². The average Bonchev–Trinajstić information content (AvgIpc) is 2.43. The first-order valence-corrected chi connectivity index (χ1v) is 4.88. The van der Waals surface area contributed by atoms with Gasteiger partial charge in [0, 0.05) is 6.42 Å². The molecule has 12 heavy (non-hydrogen) atoms. The van der Waals surface area contributed by atoms with Crippen LogP contribution in [0.15, 0.2) is 4.99 Å². The molecule has 1 aliphatic heterocycles. The first-order valence-electron chi connectivity index (χ1n) is 4.88. The Morgan fingerprint density at radius 1 is 1.58 bits per heavy atom. The third kappa shape index (κ3) is 2.23. The van der Waals surface area contributed by atoms with Gasteiger partial charge in [0.15, 0.2) is 5.90 Å². The summed E-state index contributed by atoms with van der Waals surface area (Å²) in [4.78, 5) is 4.52. The Morgan fingerprint density at radius 3 is 2.83 bits per heavy atom. The SMILES string of the molecule is CCCCC1N=C(OC)CC1C. The quantitative estimate of drug-likeness (QED) is 0.636. The summed E-state index contributed by atoms with van der Waals surface area (Å²) in [5.74, 6) is 1.63. The summed E-state index contributed by atoms with van der Waals surface area (Å²) in [6, 6.07) is 0.528. The number of ether oxygens (including phenoxy) is 1. The van der Waals surface area contributed by atoms with E-state index in [0.29, 0.717) is 12.0 Å². The molecule has 0 spiro atoms. The third-order valence-corrected chi connectivity index (χ3v) is 2.55. The Morgan fingerprint density at radius 2 is 2.33 bits per heavy atom. The van der Waals surface area contributed by atoms with E-state index in [1.165, 1.54) is 19.3 Å². The number of methoxy groups -OCH3 is 1. The normalized spacial score (nSPS) is 28.8. The lowest BCUT2D eigenvalue weighted by atomic mass is 9.97. The van der Waals surface area contributed by atoms with E-state index < -0.39 is 0 Å². The Labute approximate surface area is 75.0 Å². The highest BCUT2D eigenvalue weighted by Crippen LogP contribution is 2.24. The number of unbranched alkanes of at least 4 members (excludes halogenated alkanes) is 1. The van der Waals surface area contributed by atoms with Crippen LogP contribution >= 0.6 is 0 Å². The zero-order chi connectivity index (χ0) is 8.97. The van der Waals surface area contributed by atoms with Crippen molar-refractivity contribution in [1.29, 1.82) is 0 Å². The number of rotatable bonds is 3. The lowest BCUT2D eigenvalue weighted by Gasteiger charge is -2.10. The summed E-state index contributed by atoms with van der Waals surface area (Å²) in [7, 11) is 1.72. The van der Waals surface area contributed by atoms with Gasteiger partial charge in [-0.2, -0.15) is 0 Å². The van der Waals surface area contributed by atoms with Crippen molar-refractivity contribution >= 4 is 5.90 Å². The summed E-state index contributed by atoms with van der Waals surface area (Å²) in [5.41, 5.74) is 0. The van der Waals surface area contributed by atoms with E-state index >= 15 is 0 Å². The van der Waals surface area contributed by atoms with Gasteiger partial charge in [-0.15, -0.1) is 0 Å². The monoisotopic (exact) mass is 169 g/mol. The molecule has 0 amide bonds. The van der Waals surface area contributed by atoms with E-state index in [1.54, 1.807) is 7.11 Å². The van der Waals surface area contributed by atoms with E-state index in [9.17, 15) is 0 Å². The van der Waals surface area contributed by atoms with Crippen LogP contribution in [0.25, 0.3) is 0 Å². The highest BCUT2D eigenvalue weighted by molar-refractivity contribution is 5.78. The van der Waals surface area contributed by atoms with Crippen LogP contribution in [-0.2, 0) is 4.74 Å². The Hall–Kier alpha value is -0.530. The van der Waals surface area contributed by atoms with E-state index in [4.69, 9.17) is 4.74 Å². The maximum atomic E-state index is 5.14. The minimum Gasteiger partial charge on any atom is -0.484 e. The van der Waals surface area contributed by atoms with E-state index in [1.807, 2.05) is 0 Å². The first kappa shape index (κ1) is 9.56. The molecule has 0 aromatic heterocycles. The summed E-state index contributed by atoms with van der Waals surface area (Å²) in [6.07, 6.45) is 4.81. The smallest absolute Gasteiger partial charge is 0.183 e. The summed E-state index contributed by atoms with van der Waals surface area (Å²) in [5, 5.41) is 0. The second kappa shape index (κ2) is 4.48. The van der Waals surface area contributed by atoms with Crippen LogP contribution in [0, 0.1) is 5.92 Å². The van der Waals surface area contributed by atoms with Gasteiger partial charge in [0.1, 0.15) is 0 Å². The maximum Gasteiger partial charge on any atom is 0.183 e. The predicted molar refractivity (Wildman–Crippen MR) is 51.5 cm³/mol. The molecule has 0 aromatic rings. The van der Waals surface area contributed by atoms with Gasteiger partial charge in [0.2, 0.25) is 0 Å². The lowest BCUT2D eigenvalue weighted by molar-refractivity contribution is 0.390. The fourth-order valence-corrected chi connectivity index (χ4v) is 1.67. The first-order chi connectivity index (χ1) is 5.77. The van der Waals surface area contributed by atoms with Crippen molar-refractivity contribution in [1.82, 2.24) is 0 Å². The van der Waals surface area contributed by atoms with Crippen LogP contribution in [0.3, 0.4) is 0 Å². The molecule has 2 heteroatoms. The van der Waals surface area contributed by atoms with Crippen molar-refractivity contribution in [2.45, 2.75) is 45.6 Å². The topological polar surface area (TPSA) is 21.6 Å². The van der Waals surface area contributed by atoms with Crippen LogP contribution in [0.4, 0.5) is 0 Å². The van der Waals surface area contributed by atoms with Gasteiger partial charge in [-0.1, -0.05) is 26.7 Å². The van der Waals surface area contributed by atoms with E-state index in [0.717, 1.165) is 12.3 Å². The molecule has 0 bridgehead atoms. The second-order valence-electron chi connectivity index (χ2n) is 3.62. The van der Waals surface area contributed by atoms with Crippen molar-refractivity contribution in [2.24, 2.45) is 10.9 Å². The molecule has 1 heterocycles. The van der Waals surface area contributed by atoms with Crippen molar-refractivity contribution in [3.05, 3.63) is 0 Å². The van der Waals surface area contributed by atoms with E-state index in [2.05, 4.69) is 18.8 Å². The van der Waals surface area contributed by atoms with Gasteiger partial charge in [0.05, 0.1) is 13.2 Å². The molecule has 2 unspecified atom stereocenters. The zero-order valence-electron chi connectivity index (χ0n) is 8.34. The highest BCUT2D eigenvalue weighted by Gasteiger charge is 2.25. The van der Waals surface area contributed by atoms with Gasteiger partial charge in [-0.3, -0.25) is 4.99 Å². The zero-order valence-corrected chi connectivity index (χ0v) is 8.34. The molecule has 0 aromatic carbocycles. The van der Waals surface area contributed by atoms with Gasteiger partial charge >= 0.3 is 0 Å². The summed E-state index contributed by atoms with van der Waals surface area (Å²) >= 11 is 0. The minimum absolute atomic E-state index is 0.528. The molecule has 2 nitrogen and oxygen atoms in total. The standard InChI is InChI=1S/C10H19NO/c1-4-5-6-9-8(2)7-10(11-9)12-3/h8-9H,4-7H2,1-3H3. The molecule has 0 radical (unpaired) electrons. The molecule has 0 aliphatic carbocycles. The molecule has 2 atom stereocenters. The number of hydrogen-bond donors (Lipinski definition) is 0. The fourth-order valence-electron chi connectivity index (χ4n) is 1.67. The van der Waals surface area contributed by atoms with Crippen molar-refractivity contribution < 1.29 is 4.74 Å². The third-order valence-electron chi connectivity index (χ3n) is 2.55. The van der Waals surface area contributed by atoms with Gasteiger partial charge in [-0.05, 0) is 12.3 Å². The average molecular weight is 169 g/mol. The largest absolute Gasteiger partial charge is 0.484 e. The Bertz CT molecular complexity index is 165. The Kier molecular flexibility index (Phi) is 3.57. The molecular formula is C10H19NO. The molecule has 1 aliphatic rings. The highest BCUT2D eigenvalue weighted by atomic mass is 16.5. The Balaban J connectivity index is 2.37. The van der Waals surface area contributed by atoms with Gasteiger partial charge < -0.3 is 4.74 Å². The summed E-state index contributed by atoms with van der Waals surface area (Å²) in [6.45, 7) is 4.48. The van der Waals surface area contributed by atoms with Crippen LogP contribution < -0.4 is 0 Å².